The van der Waals surface area contributed by atoms with E-state index in [2.05, 4.69) is 18.8 Å². The lowest BCUT2D eigenvalue weighted by Crippen LogP contribution is -2.32. The maximum atomic E-state index is 12.9. The van der Waals surface area contributed by atoms with Crippen molar-refractivity contribution in [2.24, 2.45) is 10.9 Å². The lowest BCUT2D eigenvalue weighted by molar-refractivity contribution is -0.122. The van der Waals surface area contributed by atoms with Crippen molar-refractivity contribution in [3.05, 3.63) is 64.0 Å². The van der Waals surface area contributed by atoms with Gasteiger partial charge in [-0.05, 0) is 59.7 Å². The Morgan fingerprint density at radius 1 is 1.22 bits per heavy atom. The molecule has 1 fully saturated rings. The summed E-state index contributed by atoms with van der Waals surface area (Å²) in [7, 11) is 1.63. The lowest BCUT2D eigenvalue weighted by atomic mass is 10.2. The molecule has 1 heterocycles. The SMILES string of the molecule is COc1ccc(/C=C2/SC(=Nc3cccc(Cl)c3)N(CC(C)C)C2=O)cc1. The third kappa shape index (κ3) is 4.93. The van der Waals surface area contributed by atoms with Crippen LogP contribution < -0.4 is 4.74 Å². The first-order valence-corrected chi connectivity index (χ1v) is 9.85. The van der Waals surface area contributed by atoms with Crippen LogP contribution in [0.25, 0.3) is 6.08 Å². The molecular formula is C21H21ClN2O2S. The summed E-state index contributed by atoms with van der Waals surface area (Å²) < 4.78 is 5.18. The number of aliphatic imine (C=N–C) groups is 1. The fourth-order valence-electron chi connectivity index (χ4n) is 2.63. The maximum Gasteiger partial charge on any atom is 0.266 e. The topological polar surface area (TPSA) is 41.9 Å². The predicted molar refractivity (Wildman–Crippen MR) is 114 cm³/mol. The van der Waals surface area contributed by atoms with Crippen molar-refractivity contribution in [2.45, 2.75) is 13.8 Å². The van der Waals surface area contributed by atoms with Crippen LogP contribution in [0.3, 0.4) is 0 Å². The van der Waals surface area contributed by atoms with Crippen molar-refractivity contribution < 1.29 is 9.53 Å². The Labute approximate surface area is 168 Å². The number of amidine groups is 1. The summed E-state index contributed by atoms with van der Waals surface area (Å²) in [6.45, 7) is 4.78. The minimum absolute atomic E-state index is 0.0229. The highest BCUT2D eigenvalue weighted by atomic mass is 35.5. The molecule has 2 aromatic carbocycles. The molecule has 1 aliphatic heterocycles. The van der Waals surface area contributed by atoms with E-state index in [4.69, 9.17) is 16.3 Å². The fourth-order valence-corrected chi connectivity index (χ4v) is 3.82. The number of hydrogen-bond acceptors (Lipinski definition) is 4. The monoisotopic (exact) mass is 400 g/mol. The van der Waals surface area contributed by atoms with Gasteiger partial charge in [0.15, 0.2) is 5.17 Å². The zero-order valence-corrected chi connectivity index (χ0v) is 17.1. The van der Waals surface area contributed by atoms with Crippen LogP contribution in [-0.2, 0) is 4.79 Å². The first-order chi connectivity index (χ1) is 13.0. The predicted octanol–water partition coefficient (Wildman–Crippen LogP) is 5.61. The van der Waals surface area contributed by atoms with Crippen LogP contribution in [-0.4, -0.2) is 29.6 Å². The Balaban J connectivity index is 1.93. The molecule has 0 aromatic heterocycles. The zero-order chi connectivity index (χ0) is 19.4. The smallest absolute Gasteiger partial charge is 0.266 e. The van der Waals surface area contributed by atoms with Gasteiger partial charge in [-0.15, -0.1) is 0 Å². The van der Waals surface area contributed by atoms with Crippen molar-refractivity contribution in [1.82, 2.24) is 4.90 Å². The third-order valence-electron chi connectivity index (χ3n) is 3.88. The van der Waals surface area contributed by atoms with E-state index in [-0.39, 0.29) is 5.91 Å². The Bertz CT molecular complexity index is 891. The Morgan fingerprint density at radius 2 is 1.96 bits per heavy atom. The largest absolute Gasteiger partial charge is 0.497 e. The average Bonchev–Trinajstić information content (AvgIpc) is 2.91. The molecule has 0 N–H and O–H groups in total. The van der Waals surface area contributed by atoms with Crippen molar-refractivity contribution in [3.8, 4) is 5.75 Å². The molecule has 2 aromatic rings. The molecule has 0 atom stereocenters. The van der Waals surface area contributed by atoms with Crippen molar-refractivity contribution in [3.63, 3.8) is 0 Å². The number of nitrogens with zero attached hydrogens (tertiary/aromatic N) is 2. The van der Waals surface area contributed by atoms with Gasteiger partial charge in [0, 0.05) is 11.6 Å². The molecule has 0 bridgehead atoms. The van der Waals surface area contributed by atoms with E-state index >= 15 is 0 Å². The minimum atomic E-state index is -0.0229. The van der Waals surface area contributed by atoms with Gasteiger partial charge in [-0.1, -0.05) is 43.6 Å². The molecule has 4 nitrogen and oxygen atoms in total. The molecule has 140 valence electrons. The summed E-state index contributed by atoms with van der Waals surface area (Å²) >= 11 is 7.45. The van der Waals surface area contributed by atoms with Gasteiger partial charge in [0.25, 0.3) is 5.91 Å². The van der Waals surface area contributed by atoms with Gasteiger partial charge < -0.3 is 4.74 Å². The molecule has 0 aliphatic carbocycles. The van der Waals surface area contributed by atoms with E-state index < -0.39 is 0 Å². The molecule has 0 unspecified atom stereocenters. The van der Waals surface area contributed by atoms with Gasteiger partial charge in [-0.25, -0.2) is 4.99 Å². The van der Waals surface area contributed by atoms with Crippen LogP contribution in [0.15, 0.2) is 58.4 Å². The van der Waals surface area contributed by atoms with E-state index in [1.807, 2.05) is 42.5 Å². The Morgan fingerprint density at radius 3 is 2.59 bits per heavy atom. The number of carbonyl (C=O) groups excluding carboxylic acids is 1. The third-order valence-corrected chi connectivity index (χ3v) is 5.12. The number of halogens is 1. The summed E-state index contributed by atoms with van der Waals surface area (Å²) in [4.78, 5) is 20.0. The molecule has 1 amide bonds. The average molecular weight is 401 g/mol. The number of amides is 1. The van der Waals surface area contributed by atoms with Gasteiger partial charge in [0.05, 0.1) is 17.7 Å². The van der Waals surface area contributed by atoms with Crippen molar-refractivity contribution >= 4 is 46.2 Å². The molecule has 1 aliphatic rings. The number of rotatable bonds is 5. The van der Waals surface area contributed by atoms with Crippen LogP contribution in [0.4, 0.5) is 5.69 Å². The van der Waals surface area contributed by atoms with Crippen LogP contribution in [0.1, 0.15) is 19.4 Å². The van der Waals surface area contributed by atoms with Gasteiger partial charge >= 0.3 is 0 Å². The first kappa shape index (κ1) is 19.5. The summed E-state index contributed by atoms with van der Waals surface area (Å²) in [5, 5.41) is 1.30. The highest BCUT2D eigenvalue weighted by Crippen LogP contribution is 2.35. The number of ether oxygens (including phenoxy) is 1. The van der Waals surface area contributed by atoms with E-state index in [1.54, 1.807) is 24.1 Å². The number of methoxy groups -OCH3 is 1. The molecule has 0 saturated carbocycles. The molecule has 6 heteroatoms. The highest BCUT2D eigenvalue weighted by Gasteiger charge is 2.33. The van der Waals surface area contributed by atoms with Gasteiger partial charge in [0.1, 0.15) is 5.75 Å². The second kappa shape index (κ2) is 8.63. The molecule has 3 rings (SSSR count). The van der Waals surface area contributed by atoms with Gasteiger partial charge in [-0.3, -0.25) is 9.69 Å². The van der Waals surface area contributed by atoms with Crippen LogP contribution in [0.5, 0.6) is 5.75 Å². The Kier molecular flexibility index (Phi) is 6.24. The molecule has 27 heavy (non-hydrogen) atoms. The quantitative estimate of drug-likeness (QED) is 0.612. The molecule has 0 spiro atoms. The van der Waals surface area contributed by atoms with E-state index in [0.717, 1.165) is 17.0 Å². The standard InChI is InChI=1S/C21H21ClN2O2S/c1-14(2)13-24-20(25)19(11-15-7-9-18(26-3)10-8-15)27-21(24)23-17-6-4-5-16(22)12-17/h4-12,14H,13H2,1-3H3/b19-11+,23-21?. The summed E-state index contributed by atoms with van der Waals surface area (Å²) in [5.74, 6) is 1.09. The van der Waals surface area contributed by atoms with Crippen LogP contribution in [0, 0.1) is 5.92 Å². The van der Waals surface area contributed by atoms with Gasteiger partial charge in [-0.2, -0.15) is 0 Å². The van der Waals surface area contributed by atoms with E-state index in [1.165, 1.54) is 11.8 Å². The minimum Gasteiger partial charge on any atom is -0.497 e. The number of thioether (sulfide) groups is 1. The number of benzene rings is 2. The van der Waals surface area contributed by atoms with Crippen molar-refractivity contribution in [1.29, 1.82) is 0 Å². The van der Waals surface area contributed by atoms with Crippen molar-refractivity contribution in [2.75, 3.05) is 13.7 Å². The zero-order valence-electron chi connectivity index (χ0n) is 15.5. The highest BCUT2D eigenvalue weighted by molar-refractivity contribution is 8.18. The number of hydrogen-bond donors (Lipinski definition) is 0. The maximum absolute atomic E-state index is 12.9. The summed E-state index contributed by atoms with van der Waals surface area (Å²) in [6, 6.07) is 14.9. The Hall–Kier alpha value is -2.24. The van der Waals surface area contributed by atoms with Gasteiger partial charge in [0.2, 0.25) is 0 Å². The summed E-state index contributed by atoms with van der Waals surface area (Å²) in [6.07, 6.45) is 1.89. The fraction of sp³-hybridized carbons (Fsp3) is 0.238. The van der Waals surface area contributed by atoms with E-state index in [9.17, 15) is 4.79 Å². The summed E-state index contributed by atoms with van der Waals surface area (Å²) in [5.41, 5.74) is 1.68. The second-order valence-electron chi connectivity index (χ2n) is 6.57. The first-order valence-electron chi connectivity index (χ1n) is 8.66. The molecule has 1 saturated heterocycles. The second-order valence-corrected chi connectivity index (χ2v) is 8.01. The lowest BCUT2D eigenvalue weighted by Gasteiger charge is -2.17. The molecule has 0 radical (unpaired) electrons. The van der Waals surface area contributed by atoms with Crippen LogP contribution in [0.2, 0.25) is 5.02 Å². The van der Waals surface area contributed by atoms with Crippen LogP contribution >= 0.6 is 23.4 Å². The van der Waals surface area contributed by atoms with E-state index in [0.29, 0.717) is 27.6 Å². The molecular weight excluding hydrogens is 380 g/mol. The number of carbonyl (C=O) groups is 1. The normalized spacial score (nSPS) is 17.4.